The van der Waals surface area contributed by atoms with E-state index in [1.54, 1.807) is 0 Å². The van der Waals surface area contributed by atoms with Crippen molar-refractivity contribution in [3.05, 3.63) is 75.1 Å². The normalized spacial score (nSPS) is 15.0. The standard InChI is InChI=1S/C16H16FN3O5.C11H11F3/c1-8(21)10(15(23)24)7-20(9(2)22)12-6-14-13(5-11(12)17)18(3)16(25)19(14)4;1-7-5-6-9-8(7)3-2-4-10(9)11(12,13)14/h5-7H,1-4H3,(H,23,24);2-4,7H,5-6H2,1H3/b10-7+;. The maximum atomic E-state index is 14.5. The van der Waals surface area contributed by atoms with Gasteiger partial charge in [0.15, 0.2) is 5.78 Å². The van der Waals surface area contributed by atoms with E-state index < -0.39 is 40.8 Å². The number of benzene rings is 2. The highest BCUT2D eigenvalue weighted by molar-refractivity contribution is 6.16. The SMILES string of the molecule is CC(=O)/C(=C\N(C(C)=O)c1cc2c(cc1F)n(C)c(=O)n2C)C(=O)O.CC1CCc2c1cccc2C(F)(F)F. The van der Waals surface area contributed by atoms with Crippen LogP contribution < -0.4 is 10.6 Å². The van der Waals surface area contributed by atoms with Gasteiger partial charge in [0, 0.05) is 33.3 Å². The molecule has 12 heteroatoms. The van der Waals surface area contributed by atoms with Crippen molar-refractivity contribution in [1.29, 1.82) is 0 Å². The Morgan fingerprint density at radius 1 is 1.08 bits per heavy atom. The summed E-state index contributed by atoms with van der Waals surface area (Å²) in [6, 6.07) is 6.82. The van der Waals surface area contributed by atoms with Crippen LogP contribution in [0.25, 0.3) is 11.0 Å². The molecule has 8 nitrogen and oxygen atoms in total. The number of aromatic nitrogens is 2. The number of carbonyl (C=O) groups excluding carboxylic acids is 2. The van der Waals surface area contributed by atoms with Crippen molar-refractivity contribution in [2.75, 3.05) is 4.90 Å². The predicted octanol–water partition coefficient (Wildman–Crippen LogP) is 4.68. The lowest BCUT2D eigenvalue weighted by Gasteiger charge is -2.18. The summed E-state index contributed by atoms with van der Waals surface area (Å²) in [5.41, 5.74) is 0.283. The third-order valence-electron chi connectivity index (χ3n) is 6.68. The van der Waals surface area contributed by atoms with Crippen molar-refractivity contribution in [2.24, 2.45) is 14.1 Å². The quantitative estimate of drug-likeness (QED) is 0.220. The Bertz CT molecular complexity index is 1550. The molecule has 0 fully saturated rings. The molecule has 2 aromatic carbocycles. The molecule has 3 aromatic rings. The smallest absolute Gasteiger partial charge is 0.416 e. The van der Waals surface area contributed by atoms with Gasteiger partial charge in [-0.1, -0.05) is 19.1 Å². The summed E-state index contributed by atoms with van der Waals surface area (Å²) in [7, 11) is 2.96. The Hall–Kier alpha value is -4.22. The lowest BCUT2D eigenvalue weighted by Crippen LogP contribution is -2.26. The monoisotopic (exact) mass is 549 g/mol. The molecule has 39 heavy (non-hydrogen) atoms. The third-order valence-corrected chi connectivity index (χ3v) is 6.68. The van der Waals surface area contributed by atoms with Crippen LogP contribution in [0.5, 0.6) is 0 Å². The first-order valence-corrected chi connectivity index (χ1v) is 11.9. The highest BCUT2D eigenvalue weighted by atomic mass is 19.4. The van der Waals surface area contributed by atoms with E-state index >= 15 is 0 Å². The molecule has 208 valence electrons. The summed E-state index contributed by atoms with van der Waals surface area (Å²) in [5, 5.41) is 9.08. The summed E-state index contributed by atoms with van der Waals surface area (Å²) < 4.78 is 54.7. The second kappa shape index (κ2) is 10.9. The number of anilines is 1. The third kappa shape index (κ3) is 5.79. The van der Waals surface area contributed by atoms with Crippen LogP contribution in [0, 0.1) is 5.82 Å². The number of Topliss-reactive ketones (excluding diaryl/α,β-unsaturated/α-hetero) is 1. The van der Waals surface area contributed by atoms with Gasteiger partial charge in [0.2, 0.25) is 5.91 Å². The zero-order chi connectivity index (χ0) is 29.4. The Kier molecular flexibility index (Phi) is 8.18. The lowest BCUT2D eigenvalue weighted by atomic mass is 10.00. The van der Waals surface area contributed by atoms with Gasteiger partial charge in [0.05, 0.1) is 22.3 Å². The zero-order valence-electron chi connectivity index (χ0n) is 21.9. The van der Waals surface area contributed by atoms with Gasteiger partial charge in [0.1, 0.15) is 11.4 Å². The van der Waals surface area contributed by atoms with Gasteiger partial charge < -0.3 is 5.11 Å². The summed E-state index contributed by atoms with van der Waals surface area (Å²) in [6.45, 7) is 4.11. The number of hydrogen-bond donors (Lipinski definition) is 1. The molecule has 0 spiro atoms. The summed E-state index contributed by atoms with van der Waals surface area (Å²) in [4.78, 5) is 47.2. The molecule has 1 N–H and O–H groups in total. The first-order chi connectivity index (χ1) is 18.1. The summed E-state index contributed by atoms with van der Waals surface area (Å²) >= 11 is 0. The molecule has 0 bridgehead atoms. The van der Waals surface area contributed by atoms with Crippen LogP contribution in [0.4, 0.5) is 23.2 Å². The number of nitrogens with zero attached hydrogens (tertiary/aromatic N) is 3. The molecule has 4 rings (SSSR count). The molecule has 1 aromatic heterocycles. The molecule has 1 unspecified atom stereocenters. The second-order valence-electron chi connectivity index (χ2n) is 9.30. The number of aliphatic carboxylic acids is 1. The minimum absolute atomic E-state index is 0.263. The van der Waals surface area contributed by atoms with Crippen molar-refractivity contribution in [2.45, 2.75) is 45.7 Å². The maximum Gasteiger partial charge on any atom is 0.416 e. The van der Waals surface area contributed by atoms with Crippen LogP contribution in [-0.2, 0) is 41.1 Å². The average molecular weight is 550 g/mol. The van der Waals surface area contributed by atoms with Crippen molar-refractivity contribution in [1.82, 2.24) is 9.13 Å². The first kappa shape index (κ1) is 29.3. The number of ketones is 1. The topological polar surface area (TPSA) is 102 Å². The number of hydrogen-bond acceptors (Lipinski definition) is 4. The number of carbonyl (C=O) groups is 3. The molecule has 0 aliphatic heterocycles. The number of imidazole rings is 1. The Morgan fingerprint density at radius 3 is 2.18 bits per heavy atom. The number of carboxylic acid groups (broad SMARTS) is 1. The van der Waals surface area contributed by atoms with Crippen LogP contribution >= 0.6 is 0 Å². The summed E-state index contributed by atoms with van der Waals surface area (Å²) in [6.07, 6.45) is -2.03. The second-order valence-corrected chi connectivity index (χ2v) is 9.30. The van der Waals surface area contributed by atoms with E-state index in [1.165, 1.54) is 41.4 Å². The molecule has 1 amide bonds. The zero-order valence-corrected chi connectivity index (χ0v) is 21.9. The van der Waals surface area contributed by atoms with E-state index in [4.69, 9.17) is 5.11 Å². The molecule has 0 saturated heterocycles. The lowest BCUT2D eigenvalue weighted by molar-refractivity contribution is -0.138. The average Bonchev–Trinajstić information content (AvgIpc) is 3.31. The minimum atomic E-state index is -4.20. The van der Waals surface area contributed by atoms with Gasteiger partial charge in [-0.05, 0) is 48.9 Å². The number of halogens is 4. The molecule has 1 aliphatic carbocycles. The number of carboxylic acids is 1. The van der Waals surface area contributed by atoms with E-state index in [1.807, 2.05) is 13.0 Å². The highest BCUT2D eigenvalue weighted by Gasteiger charge is 2.36. The van der Waals surface area contributed by atoms with Crippen LogP contribution in [-0.4, -0.2) is 31.9 Å². The van der Waals surface area contributed by atoms with Crippen LogP contribution in [0.15, 0.2) is 46.9 Å². The maximum absolute atomic E-state index is 14.5. The van der Waals surface area contributed by atoms with Crippen molar-refractivity contribution >= 4 is 34.4 Å². The van der Waals surface area contributed by atoms with Gasteiger partial charge in [0.25, 0.3) is 0 Å². The van der Waals surface area contributed by atoms with Gasteiger partial charge >= 0.3 is 17.8 Å². The Labute approximate surface area is 220 Å². The molecule has 0 saturated carbocycles. The predicted molar refractivity (Wildman–Crippen MR) is 136 cm³/mol. The Balaban J connectivity index is 0.000000252. The van der Waals surface area contributed by atoms with Crippen LogP contribution in [0.1, 0.15) is 49.8 Å². The molecule has 1 aliphatic rings. The number of aryl methyl sites for hydroxylation is 2. The van der Waals surface area contributed by atoms with E-state index in [0.717, 1.165) is 43.0 Å². The Morgan fingerprint density at radius 2 is 1.67 bits per heavy atom. The molecule has 1 heterocycles. The fraction of sp³-hybridized carbons (Fsp3) is 0.333. The van der Waals surface area contributed by atoms with Gasteiger partial charge in [-0.15, -0.1) is 0 Å². The molecular formula is C27H27F4N3O5. The largest absolute Gasteiger partial charge is 0.478 e. The van der Waals surface area contributed by atoms with Gasteiger partial charge in [-0.25, -0.2) is 14.0 Å². The van der Waals surface area contributed by atoms with Crippen molar-refractivity contribution in [3.8, 4) is 0 Å². The molecule has 1 atom stereocenters. The van der Waals surface area contributed by atoms with Crippen molar-refractivity contribution < 1.29 is 37.1 Å². The van der Waals surface area contributed by atoms with E-state index in [0.29, 0.717) is 23.0 Å². The number of amides is 1. The minimum Gasteiger partial charge on any atom is -0.478 e. The first-order valence-electron chi connectivity index (χ1n) is 11.9. The highest BCUT2D eigenvalue weighted by Crippen LogP contribution is 2.40. The van der Waals surface area contributed by atoms with Crippen molar-refractivity contribution in [3.63, 3.8) is 0 Å². The molecule has 0 radical (unpaired) electrons. The number of alkyl halides is 3. The fourth-order valence-corrected chi connectivity index (χ4v) is 4.58. The number of fused-ring (bicyclic) bond motifs is 2. The van der Waals surface area contributed by atoms with Gasteiger partial charge in [-0.3, -0.25) is 23.6 Å². The summed E-state index contributed by atoms with van der Waals surface area (Å²) in [5.74, 6) is -3.58. The molecular weight excluding hydrogens is 522 g/mol. The van der Waals surface area contributed by atoms with Gasteiger partial charge in [-0.2, -0.15) is 13.2 Å². The number of rotatable bonds is 4. The fourth-order valence-electron chi connectivity index (χ4n) is 4.58. The van der Waals surface area contributed by atoms with E-state index in [2.05, 4.69) is 0 Å². The van der Waals surface area contributed by atoms with Crippen LogP contribution in [0.3, 0.4) is 0 Å². The van der Waals surface area contributed by atoms with E-state index in [-0.39, 0.29) is 17.3 Å². The van der Waals surface area contributed by atoms with E-state index in [9.17, 15) is 36.7 Å². The van der Waals surface area contributed by atoms with Crippen LogP contribution in [0.2, 0.25) is 0 Å².